The standard InChI is InChI=1S/C12H12FN3/c1-7-11(14)12(16-8(2)15-7)9-3-5-10(13)6-4-9/h3-6H,14H2,1-2H3. The minimum atomic E-state index is -0.273. The second kappa shape index (κ2) is 3.89. The Kier molecular flexibility index (Phi) is 2.56. The normalized spacial score (nSPS) is 10.4. The quantitative estimate of drug-likeness (QED) is 0.798. The van der Waals surface area contributed by atoms with Crippen molar-refractivity contribution in [2.75, 3.05) is 5.73 Å². The number of rotatable bonds is 1. The zero-order valence-electron chi connectivity index (χ0n) is 9.16. The maximum Gasteiger partial charge on any atom is 0.126 e. The lowest BCUT2D eigenvalue weighted by Gasteiger charge is -2.08. The van der Waals surface area contributed by atoms with Crippen molar-refractivity contribution in [3.63, 3.8) is 0 Å². The summed E-state index contributed by atoms with van der Waals surface area (Å²) in [6.45, 7) is 3.64. The van der Waals surface area contributed by atoms with E-state index in [0.717, 1.165) is 11.3 Å². The van der Waals surface area contributed by atoms with E-state index in [4.69, 9.17) is 5.73 Å². The van der Waals surface area contributed by atoms with Gasteiger partial charge in [0.1, 0.15) is 11.6 Å². The average molecular weight is 217 g/mol. The van der Waals surface area contributed by atoms with Crippen LogP contribution in [0.3, 0.4) is 0 Å². The Hall–Kier alpha value is -1.97. The maximum atomic E-state index is 12.8. The Morgan fingerprint density at radius 1 is 1.06 bits per heavy atom. The Bertz CT molecular complexity index is 521. The molecule has 0 radical (unpaired) electrons. The van der Waals surface area contributed by atoms with Crippen LogP contribution in [0.25, 0.3) is 11.3 Å². The van der Waals surface area contributed by atoms with Gasteiger partial charge in [-0.1, -0.05) is 0 Å². The molecule has 1 aromatic carbocycles. The van der Waals surface area contributed by atoms with Crippen molar-refractivity contribution in [2.24, 2.45) is 0 Å². The van der Waals surface area contributed by atoms with Crippen LogP contribution in [-0.4, -0.2) is 9.97 Å². The van der Waals surface area contributed by atoms with Gasteiger partial charge in [0.2, 0.25) is 0 Å². The Morgan fingerprint density at radius 2 is 1.69 bits per heavy atom. The van der Waals surface area contributed by atoms with Crippen molar-refractivity contribution >= 4 is 5.69 Å². The molecule has 0 aliphatic carbocycles. The number of aromatic nitrogens is 2. The predicted octanol–water partition coefficient (Wildman–Crippen LogP) is 2.48. The summed E-state index contributed by atoms with van der Waals surface area (Å²) in [4.78, 5) is 8.44. The fourth-order valence-corrected chi connectivity index (χ4v) is 1.55. The van der Waals surface area contributed by atoms with Crippen molar-refractivity contribution in [3.05, 3.63) is 41.6 Å². The Labute approximate surface area is 93.2 Å². The summed E-state index contributed by atoms with van der Waals surface area (Å²) in [6, 6.07) is 6.10. The molecule has 0 saturated carbocycles. The first kappa shape index (κ1) is 10.5. The highest BCUT2D eigenvalue weighted by molar-refractivity contribution is 5.73. The number of anilines is 1. The van der Waals surface area contributed by atoms with Gasteiger partial charge in [-0.15, -0.1) is 0 Å². The number of halogens is 1. The van der Waals surface area contributed by atoms with Crippen LogP contribution < -0.4 is 5.73 Å². The second-order valence-electron chi connectivity index (χ2n) is 3.63. The summed E-state index contributed by atoms with van der Waals surface area (Å²) < 4.78 is 12.8. The minimum absolute atomic E-state index is 0.273. The van der Waals surface area contributed by atoms with E-state index in [0.29, 0.717) is 17.2 Å². The van der Waals surface area contributed by atoms with Gasteiger partial charge in [0.25, 0.3) is 0 Å². The molecule has 0 aliphatic heterocycles. The molecule has 1 aromatic heterocycles. The summed E-state index contributed by atoms with van der Waals surface area (Å²) in [6.07, 6.45) is 0. The summed E-state index contributed by atoms with van der Waals surface area (Å²) in [7, 11) is 0. The fourth-order valence-electron chi connectivity index (χ4n) is 1.55. The molecule has 1 heterocycles. The van der Waals surface area contributed by atoms with Crippen LogP contribution in [0.2, 0.25) is 0 Å². The number of benzene rings is 1. The molecule has 0 atom stereocenters. The Morgan fingerprint density at radius 3 is 2.31 bits per heavy atom. The van der Waals surface area contributed by atoms with Gasteiger partial charge >= 0.3 is 0 Å². The van der Waals surface area contributed by atoms with Gasteiger partial charge in [-0.05, 0) is 38.1 Å². The van der Waals surface area contributed by atoms with E-state index in [1.807, 2.05) is 6.92 Å². The third-order valence-electron chi connectivity index (χ3n) is 2.37. The van der Waals surface area contributed by atoms with Gasteiger partial charge in [0.15, 0.2) is 0 Å². The molecular weight excluding hydrogens is 205 g/mol. The summed E-state index contributed by atoms with van der Waals surface area (Å²) in [5, 5.41) is 0. The number of nitrogen functional groups attached to an aromatic ring is 1. The molecule has 0 bridgehead atoms. The van der Waals surface area contributed by atoms with E-state index in [1.54, 1.807) is 19.1 Å². The van der Waals surface area contributed by atoms with E-state index in [9.17, 15) is 4.39 Å². The van der Waals surface area contributed by atoms with Gasteiger partial charge in [0, 0.05) is 5.56 Å². The van der Waals surface area contributed by atoms with Crippen LogP contribution in [0.15, 0.2) is 24.3 Å². The third-order valence-corrected chi connectivity index (χ3v) is 2.37. The Balaban J connectivity index is 2.59. The molecule has 4 heteroatoms. The van der Waals surface area contributed by atoms with Gasteiger partial charge in [-0.25, -0.2) is 14.4 Å². The highest BCUT2D eigenvalue weighted by Gasteiger charge is 2.08. The predicted molar refractivity (Wildman–Crippen MR) is 61.3 cm³/mol. The third kappa shape index (κ3) is 1.86. The van der Waals surface area contributed by atoms with Gasteiger partial charge in [0.05, 0.1) is 17.1 Å². The summed E-state index contributed by atoms with van der Waals surface area (Å²) in [5.41, 5.74) is 8.64. The molecule has 0 spiro atoms. The van der Waals surface area contributed by atoms with E-state index in [1.165, 1.54) is 12.1 Å². The molecule has 16 heavy (non-hydrogen) atoms. The summed E-state index contributed by atoms with van der Waals surface area (Å²) >= 11 is 0. The number of hydrogen-bond acceptors (Lipinski definition) is 3. The number of nitrogens with two attached hydrogens (primary N) is 1. The molecule has 0 unspecified atom stereocenters. The lowest BCUT2D eigenvalue weighted by Crippen LogP contribution is -2.02. The minimum Gasteiger partial charge on any atom is -0.395 e. The van der Waals surface area contributed by atoms with Crippen molar-refractivity contribution in [2.45, 2.75) is 13.8 Å². The first-order chi connectivity index (χ1) is 7.58. The van der Waals surface area contributed by atoms with E-state index < -0.39 is 0 Å². The molecule has 2 aromatic rings. The SMILES string of the molecule is Cc1nc(C)c(N)c(-c2ccc(F)cc2)n1. The van der Waals surface area contributed by atoms with Crippen molar-refractivity contribution in [1.29, 1.82) is 0 Å². The van der Waals surface area contributed by atoms with Crippen molar-refractivity contribution in [1.82, 2.24) is 9.97 Å². The van der Waals surface area contributed by atoms with Gasteiger partial charge in [-0.3, -0.25) is 0 Å². The largest absolute Gasteiger partial charge is 0.395 e. The van der Waals surface area contributed by atoms with Crippen LogP contribution in [0, 0.1) is 19.7 Å². The highest BCUT2D eigenvalue weighted by atomic mass is 19.1. The molecule has 0 aliphatic rings. The lowest BCUT2D eigenvalue weighted by atomic mass is 10.1. The van der Waals surface area contributed by atoms with E-state index in [2.05, 4.69) is 9.97 Å². The van der Waals surface area contributed by atoms with Crippen LogP contribution in [-0.2, 0) is 0 Å². The molecule has 0 amide bonds. The number of aryl methyl sites for hydroxylation is 2. The second-order valence-corrected chi connectivity index (χ2v) is 3.63. The maximum absolute atomic E-state index is 12.8. The molecule has 82 valence electrons. The van der Waals surface area contributed by atoms with Gasteiger partial charge < -0.3 is 5.73 Å². The van der Waals surface area contributed by atoms with Crippen LogP contribution in [0.5, 0.6) is 0 Å². The molecule has 0 saturated heterocycles. The monoisotopic (exact) mass is 217 g/mol. The summed E-state index contributed by atoms with van der Waals surface area (Å²) in [5.74, 6) is 0.385. The number of hydrogen-bond donors (Lipinski definition) is 1. The topological polar surface area (TPSA) is 51.8 Å². The zero-order chi connectivity index (χ0) is 11.7. The highest BCUT2D eigenvalue weighted by Crippen LogP contribution is 2.25. The van der Waals surface area contributed by atoms with Crippen molar-refractivity contribution in [3.8, 4) is 11.3 Å². The average Bonchev–Trinajstić information content (AvgIpc) is 2.25. The molecule has 2 rings (SSSR count). The van der Waals surface area contributed by atoms with E-state index >= 15 is 0 Å². The fraction of sp³-hybridized carbons (Fsp3) is 0.167. The van der Waals surface area contributed by atoms with Crippen LogP contribution in [0.1, 0.15) is 11.5 Å². The smallest absolute Gasteiger partial charge is 0.126 e. The molecule has 2 N–H and O–H groups in total. The first-order valence-corrected chi connectivity index (χ1v) is 4.94. The van der Waals surface area contributed by atoms with E-state index in [-0.39, 0.29) is 5.82 Å². The lowest BCUT2D eigenvalue weighted by molar-refractivity contribution is 0.628. The van der Waals surface area contributed by atoms with Crippen molar-refractivity contribution < 1.29 is 4.39 Å². The van der Waals surface area contributed by atoms with Crippen LogP contribution in [0.4, 0.5) is 10.1 Å². The van der Waals surface area contributed by atoms with Crippen LogP contribution >= 0.6 is 0 Å². The molecule has 3 nitrogen and oxygen atoms in total. The number of nitrogens with zero attached hydrogens (tertiary/aromatic N) is 2. The first-order valence-electron chi connectivity index (χ1n) is 4.94. The van der Waals surface area contributed by atoms with Gasteiger partial charge in [-0.2, -0.15) is 0 Å². The zero-order valence-corrected chi connectivity index (χ0v) is 9.16. The molecule has 0 fully saturated rings. The molecular formula is C12H12FN3.